The number of hydrogen-bond acceptors (Lipinski definition) is 2. The Morgan fingerprint density at radius 3 is 1.95 bits per heavy atom. The van der Waals surface area contributed by atoms with Crippen molar-refractivity contribution in [1.29, 1.82) is 0 Å². The van der Waals surface area contributed by atoms with E-state index < -0.39 is 0 Å². The summed E-state index contributed by atoms with van der Waals surface area (Å²) in [5.74, 6) is 0.807. The van der Waals surface area contributed by atoms with Gasteiger partial charge in [0.15, 0.2) is 0 Å². The first-order valence-electron chi connectivity index (χ1n) is 9.38. The van der Waals surface area contributed by atoms with Crippen molar-refractivity contribution in [2.24, 2.45) is 5.92 Å². The molecule has 0 amide bonds. The van der Waals surface area contributed by atoms with Gasteiger partial charge in [0.2, 0.25) is 0 Å². The predicted octanol–water partition coefficient (Wildman–Crippen LogP) is 6.44. The quantitative estimate of drug-likeness (QED) is 0.186. The van der Waals surface area contributed by atoms with Crippen molar-refractivity contribution in [3.8, 4) is 0 Å². The number of esters is 1. The summed E-state index contributed by atoms with van der Waals surface area (Å²) < 4.78 is 4.64. The summed E-state index contributed by atoms with van der Waals surface area (Å²) in [6, 6.07) is 0. The molecule has 0 aliphatic carbocycles. The Morgan fingerprint density at radius 1 is 0.909 bits per heavy atom. The summed E-state index contributed by atoms with van der Waals surface area (Å²) in [7, 11) is 1.46. The molecule has 2 heteroatoms. The number of allylic oxidation sites excluding steroid dienone is 1. The fraction of sp³-hybridized carbons (Fsp3) is 0.850. The highest BCUT2D eigenvalue weighted by molar-refractivity contribution is 5.68. The van der Waals surface area contributed by atoms with Crippen LogP contribution in [0.25, 0.3) is 0 Å². The van der Waals surface area contributed by atoms with Crippen LogP contribution in [-0.4, -0.2) is 13.1 Å². The third-order valence-corrected chi connectivity index (χ3v) is 4.41. The summed E-state index contributed by atoms with van der Waals surface area (Å²) in [5.41, 5.74) is 0. The molecule has 0 aliphatic heterocycles. The van der Waals surface area contributed by atoms with Gasteiger partial charge in [-0.2, -0.15) is 0 Å². The molecule has 0 saturated heterocycles. The van der Waals surface area contributed by atoms with E-state index in [1.165, 1.54) is 77.7 Å². The van der Waals surface area contributed by atoms with Gasteiger partial charge in [-0.15, -0.1) is 6.58 Å². The Kier molecular flexibility index (Phi) is 16.0. The van der Waals surface area contributed by atoms with Crippen molar-refractivity contribution in [3.05, 3.63) is 12.7 Å². The van der Waals surface area contributed by atoms with Gasteiger partial charge in [0.25, 0.3) is 0 Å². The Labute approximate surface area is 138 Å². The van der Waals surface area contributed by atoms with Crippen LogP contribution in [0.4, 0.5) is 0 Å². The van der Waals surface area contributed by atoms with Gasteiger partial charge >= 0.3 is 5.97 Å². The average molecular weight is 311 g/mol. The van der Waals surface area contributed by atoms with Gasteiger partial charge in [-0.3, -0.25) is 4.79 Å². The minimum absolute atomic E-state index is 0.0712. The number of carbonyl (C=O) groups excluding carboxylic acids is 1. The lowest BCUT2D eigenvalue weighted by molar-refractivity contribution is -0.140. The highest BCUT2D eigenvalue weighted by Gasteiger charge is 2.03. The largest absolute Gasteiger partial charge is 0.469 e. The predicted molar refractivity (Wildman–Crippen MR) is 96.0 cm³/mol. The standard InChI is InChI=1S/C20H38O2/c1-4-5-6-7-8-10-13-16-19(2)17-14-11-9-12-15-18-20(21)22-3/h4,19H,1,5-18H2,2-3H3. The van der Waals surface area contributed by atoms with Crippen molar-refractivity contribution < 1.29 is 9.53 Å². The van der Waals surface area contributed by atoms with Crippen LogP contribution < -0.4 is 0 Å². The molecular formula is C20H38O2. The van der Waals surface area contributed by atoms with Crippen LogP contribution in [-0.2, 0) is 9.53 Å². The highest BCUT2D eigenvalue weighted by Crippen LogP contribution is 2.18. The Hall–Kier alpha value is -0.790. The van der Waals surface area contributed by atoms with E-state index in [2.05, 4.69) is 18.2 Å². The summed E-state index contributed by atoms with van der Waals surface area (Å²) in [6.07, 6.45) is 19.5. The average Bonchev–Trinajstić information content (AvgIpc) is 2.52. The summed E-state index contributed by atoms with van der Waals surface area (Å²) in [5, 5.41) is 0. The first-order chi connectivity index (χ1) is 10.7. The van der Waals surface area contributed by atoms with Crippen molar-refractivity contribution in [3.63, 3.8) is 0 Å². The van der Waals surface area contributed by atoms with E-state index in [1.54, 1.807) is 0 Å². The number of hydrogen-bond donors (Lipinski definition) is 0. The van der Waals surface area contributed by atoms with E-state index in [9.17, 15) is 4.79 Å². The maximum absolute atomic E-state index is 11.0. The zero-order valence-electron chi connectivity index (χ0n) is 15.1. The maximum atomic E-state index is 11.0. The normalized spacial score (nSPS) is 12.1. The van der Waals surface area contributed by atoms with Crippen LogP contribution in [0.2, 0.25) is 0 Å². The molecule has 0 radical (unpaired) electrons. The second-order valence-corrected chi connectivity index (χ2v) is 6.62. The van der Waals surface area contributed by atoms with Crippen molar-refractivity contribution >= 4 is 5.97 Å². The third kappa shape index (κ3) is 15.6. The summed E-state index contributed by atoms with van der Waals surface area (Å²) in [6.45, 7) is 6.16. The lowest BCUT2D eigenvalue weighted by Crippen LogP contribution is -1.99. The molecule has 0 spiro atoms. The van der Waals surface area contributed by atoms with E-state index in [0.29, 0.717) is 6.42 Å². The molecule has 0 aromatic carbocycles. The third-order valence-electron chi connectivity index (χ3n) is 4.41. The second kappa shape index (κ2) is 16.6. The molecule has 0 rings (SSSR count). The molecule has 2 nitrogen and oxygen atoms in total. The van der Waals surface area contributed by atoms with Crippen molar-refractivity contribution in [1.82, 2.24) is 0 Å². The summed E-state index contributed by atoms with van der Waals surface area (Å²) >= 11 is 0. The van der Waals surface area contributed by atoms with Gasteiger partial charge < -0.3 is 4.74 Å². The van der Waals surface area contributed by atoms with Crippen LogP contribution in [0.15, 0.2) is 12.7 Å². The van der Waals surface area contributed by atoms with E-state index >= 15 is 0 Å². The van der Waals surface area contributed by atoms with Crippen LogP contribution >= 0.6 is 0 Å². The van der Waals surface area contributed by atoms with Crippen LogP contribution in [0, 0.1) is 5.92 Å². The van der Waals surface area contributed by atoms with Crippen LogP contribution in [0.3, 0.4) is 0 Å². The minimum atomic E-state index is -0.0712. The molecule has 1 atom stereocenters. The molecule has 0 aromatic rings. The molecular weight excluding hydrogens is 272 g/mol. The topological polar surface area (TPSA) is 26.3 Å². The molecule has 22 heavy (non-hydrogen) atoms. The van der Waals surface area contributed by atoms with Gasteiger partial charge in [-0.05, 0) is 25.2 Å². The van der Waals surface area contributed by atoms with Gasteiger partial charge in [0.1, 0.15) is 0 Å². The molecule has 0 saturated carbocycles. The van der Waals surface area contributed by atoms with Gasteiger partial charge in [-0.1, -0.05) is 77.2 Å². The molecule has 0 heterocycles. The van der Waals surface area contributed by atoms with Crippen molar-refractivity contribution in [2.75, 3.05) is 7.11 Å². The zero-order chi connectivity index (χ0) is 16.5. The van der Waals surface area contributed by atoms with E-state index in [1.807, 2.05) is 6.08 Å². The van der Waals surface area contributed by atoms with E-state index in [0.717, 1.165) is 18.8 Å². The Bertz CT molecular complexity index is 260. The number of rotatable bonds is 16. The molecule has 0 bridgehead atoms. The lowest BCUT2D eigenvalue weighted by Gasteiger charge is -2.11. The SMILES string of the molecule is C=CCCCCCCCC(C)CCCCCCCC(=O)OC. The monoisotopic (exact) mass is 310 g/mol. The molecule has 1 unspecified atom stereocenters. The van der Waals surface area contributed by atoms with E-state index in [4.69, 9.17) is 0 Å². The fourth-order valence-electron chi connectivity index (χ4n) is 2.85. The molecule has 0 N–H and O–H groups in total. The fourth-order valence-corrected chi connectivity index (χ4v) is 2.85. The molecule has 130 valence electrons. The van der Waals surface area contributed by atoms with Gasteiger partial charge in [0, 0.05) is 6.42 Å². The first kappa shape index (κ1) is 21.2. The smallest absolute Gasteiger partial charge is 0.305 e. The van der Waals surface area contributed by atoms with Crippen molar-refractivity contribution in [2.45, 2.75) is 96.8 Å². The van der Waals surface area contributed by atoms with Crippen LogP contribution in [0.5, 0.6) is 0 Å². The molecule has 0 aromatic heterocycles. The van der Waals surface area contributed by atoms with Gasteiger partial charge in [0.05, 0.1) is 7.11 Å². The Morgan fingerprint density at radius 2 is 1.41 bits per heavy atom. The summed E-state index contributed by atoms with van der Waals surface area (Å²) in [4.78, 5) is 11.0. The number of methoxy groups -OCH3 is 1. The molecule has 0 fully saturated rings. The minimum Gasteiger partial charge on any atom is -0.469 e. The first-order valence-corrected chi connectivity index (χ1v) is 9.38. The zero-order valence-corrected chi connectivity index (χ0v) is 15.1. The number of unbranched alkanes of at least 4 members (excludes halogenated alkanes) is 9. The van der Waals surface area contributed by atoms with Gasteiger partial charge in [-0.25, -0.2) is 0 Å². The molecule has 0 aliphatic rings. The number of carbonyl (C=O) groups is 1. The van der Waals surface area contributed by atoms with E-state index in [-0.39, 0.29) is 5.97 Å². The number of ether oxygens (including phenoxy) is 1. The Balaban J connectivity index is 3.20. The second-order valence-electron chi connectivity index (χ2n) is 6.62. The van der Waals surface area contributed by atoms with Crippen LogP contribution in [0.1, 0.15) is 96.8 Å². The maximum Gasteiger partial charge on any atom is 0.305 e. The highest BCUT2D eigenvalue weighted by atomic mass is 16.5. The lowest BCUT2D eigenvalue weighted by atomic mass is 9.96.